The Morgan fingerprint density at radius 1 is 1.13 bits per heavy atom. The van der Waals surface area contributed by atoms with Crippen LogP contribution >= 0.6 is 0 Å². The van der Waals surface area contributed by atoms with Gasteiger partial charge in [0.25, 0.3) is 0 Å². The molecule has 2 aromatic carbocycles. The Labute approximate surface area is 232 Å². The lowest BCUT2D eigenvalue weighted by atomic mass is 9.64. The molecule has 2 saturated carbocycles. The Morgan fingerprint density at radius 2 is 1.90 bits per heavy atom. The van der Waals surface area contributed by atoms with Gasteiger partial charge in [0.1, 0.15) is 22.9 Å². The van der Waals surface area contributed by atoms with E-state index in [1.165, 1.54) is 24.8 Å². The fourth-order valence-electron chi connectivity index (χ4n) is 6.17. The molecule has 2 heterocycles. The van der Waals surface area contributed by atoms with Gasteiger partial charge in [0, 0.05) is 30.1 Å². The van der Waals surface area contributed by atoms with Crippen LogP contribution in [-0.2, 0) is 27.0 Å². The maximum absolute atomic E-state index is 13.6. The van der Waals surface area contributed by atoms with E-state index < -0.39 is 10.8 Å². The predicted molar refractivity (Wildman–Crippen MR) is 155 cm³/mol. The van der Waals surface area contributed by atoms with Crippen molar-refractivity contribution in [2.24, 2.45) is 5.92 Å². The lowest BCUT2D eigenvalue weighted by molar-refractivity contribution is 0.188. The number of nitrogens with one attached hydrogen (secondary N) is 1. The number of urea groups is 1. The maximum Gasteiger partial charge on any atom is 0.322 e. The Bertz CT molecular complexity index is 1420. The molecule has 3 aliphatic rings. The summed E-state index contributed by atoms with van der Waals surface area (Å²) in [5, 5.41) is 3.13. The molecule has 2 atom stereocenters. The quantitative estimate of drug-likeness (QED) is 0.282. The van der Waals surface area contributed by atoms with Crippen LogP contribution in [-0.4, -0.2) is 35.4 Å². The van der Waals surface area contributed by atoms with Gasteiger partial charge in [-0.3, -0.25) is 4.90 Å². The highest BCUT2D eigenvalue weighted by atomic mass is 32.2. The van der Waals surface area contributed by atoms with Crippen LogP contribution in [0, 0.1) is 5.92 Å². The summed E-state index contributed by atoms with van der Waals surface area (Å²) in [4.78, 5) is 25.4. The van der Waals surface area contributed by atoms with Crippen LogP contribution in [0.5, 0.6) is 5.88 Å². The van der Waals surface area contributed by atoms with Gasteiger partial charge in [-0.1, -0.05) is 31.5 Å². The minimum Gasteiger partial charge on any atom is -0.480 e. The number of amides is 2. The summed E-state index contributed by atoms with van der Waals surface area (Å²) in [6.07, 6.45) is 7.51. The van der Waals surface area contributed by atoms with Crippen LogP contribution in [0.25, 0.3) is 11.1 Å². The summed E-state index contributed by atoms with van der Waals surface area (Å²) < 4.78 is 17.8. The molecule has 0 saturated heterocycles. The molecule has 8 heteroatoms. The van der Waals surface area contributed by atoms with E-state index in [0.717, 1.165) is 45.8 Å². The monoisotopic (exact) mass is 545 g/mol. The van der Waals surface area contributed by atoms with Crippen molar-refractivity contribution in [3.8, 4) is 17.0 Å². The number of thiol groups is 1. The van der Waals surface area contributed by atoms with Gasteiger partial charge >= 0.3 is 6.03 Å². The summed E-state index contributed by atoms with van der Waals surface area (Å²) in [5.41, 5.74) is 6.19. The van der Waals surface area contributed by atoms with Crippen LogP contribution in [0.4, 0.5) is 10.5 Å². The molecule has 1 N–H and O–H groups in total. The number of methoxy groups -OCH3 is 1. The third kappa shape index (κ3) is 4.73. The summed E-state index contributed by atoms with van der Waals surface area (Å²) in [7, 11) is 0.320. The van der Waals surface area contributed by atoms with E-state index in [4.69, 9.17) is 4.74 Å². The molecule has 7 nitrogen and oxygen atoms in total. The zero-order chi connectivity index (χ0) is 27.1. The molecule has 6 rings (SSSR count). The molecule has 1 aliphatic heterocycles. The highest BCUT2D eigenvalue weighted by Crippen LogP contribution is 2.53. The summed E-state index contributed by atoms with van der Waals surface area (Å²) in [5.74, 6) is 2.25. The van der Waals surface area contributed by atoms with Gasteiger partial charge in [-0.05, 0) is 79.5 Å². The molecule has 204 valence electrons. The number of ether oxygens (including phenoxy) is 1. The minimum atomic E-state index is -1.34. The molecule has 3 aromatic rings. The van der Waals surface area contributed by atoms with E-state index in [1.54, 1.807) is 13.4 Å². The van der Waals surface area contributed by atoms with E-state index in [1.807, 2.05) is 36.1 Å². The lowest BCUT2D eigenvalue weighted by Gasteiger charge is -2.41. The minimum absolute atomic E-state index is 0.0879. The average molecular weight is 546 g/mol. The second kappa shape index (κ2) is 10.4. The normalized spacial score (nSPS) is 21.3. The molecule has 0 radical (unpaired) electrons. The van der Waals surface area contributed by atoms with Crippen molar-refractivity contribution in [1.29, 1.82) is 0 Å². The molecule has 0 spiro atoms. The van der Waals surface area contributed by atoms with Crippen LogP contribution in [0.2, 0.25) is 0 Å². The molecular formula is C31H37N4O3S+. The highest BCUT2D eigenvalue weighted by Gasteiger charge is 2.48. The van der Waals surface area contributed by atoms with Gasteiger partial charge in [-0.15, -0.1) is 4.21 Å². The Kier molecular flexibility index (Phi) is 6.91. The Morgan fingerprint density at radius 3 is 2.54 bits per heavy atom. The second-order valence-electron chi connectivity index (χ2n) is 11.3. The summed E-state index contributed by atoms with van der Waals surface area (Å²) in [6, 6.07) is 14.1. The lowest BCUT2D eigenvalue weighted by Crippen LogP contribution is -2.45. The van der Waals surface area contributed by atoms with Gasteiger partial charge in [0.2, 0.25) is 5.88 Å². The smallest absolute Gasteiger partial charge is 0.322 e. The third-order valence-electron chi connectivity index (χ3n) is 8.88. The average Bonchev–Trinajstić information content (AvgIpc) is 3.74. The van der Waals surface area contributed by atoms with Crippen molar-refractivity contribution in [2.45, 2.75) is 68.7 Å². The van der Waals surface area contributed by atoms with Gasteiger partial charge in [0.05, 0.1) is 18.4 Å². The van der Waals surface area contributed by atoms with Crippen molar-refractivity contribution in [3.63, 3.8) is 0 Å². The molecule has 1 aromatic heterocycles. The number of nitrogens with zero attached hydrogens (tertiary/aromatic N) is 3. The SMILES string of the molecule is CC[SH+](=O)c1ccc(CNC(=O)N2CC(C)(C3CCC3)c3cc(-c4c(OC)ncnc4C4CC4)ccc32)cc1. The number of carbonyl (C=O) groups is 1. The maximum atomic E-state index is 13.6. The Hall–Kier alpha value is -3.26. The first-order valence-corrected chi connectivity index (χ1v) is 15.5. The standard InChI is InChI=1S/C31H36N4O3S/c1-4-39(37)24-13-8-20(9-14-24)17-32-30(36)35-18-31(2,23-6-5-7-23)25-16-22(12-15-26(25)35)27-28(21-10-11-21)33-19-34-29(27)38-3/h8-9,12-16,19,21,23H,4-7,10-11,17-18H2,1-3H3,(H,32,36)/p+1. The molecule has 2 amide bonds. The van der Waals surface area contributed by atoms with Gasteiger partial charge in [-0.2, -0.15) is 0 Å². The number of fused-ring (bicyclic) bond motifs is 1. The number of hydrogen-bond donors (Lipinski definition) is 1. The molecule has 2 fully saturated rings. The van der Waals surface area contributed by atoms with Crippen LogP contribution < -0.4 is 15.0 Å². The molecule has 2 unspecified atom stereocenters. The van der Waals surface area contributed by atoms with Crippen molar-refractivity contribution in [1.82, 2.24) is 15.3 Å². The van der Waals surface area contributed by atoms with E-state index in [9.17, 15) is 9.00 Å². The summed E-state index contributed by atoms with van der Waals surface area (Å²) in [6.45, 7) is 5.34. The van der Waals surface area contributed by atoms with E-state index in [0.29, 0.717) is 36.6 Å². The predicted octanol–water partition coefficient (Wildman–Crippen LogP) is 5.89. The van der Waals surface area contributed by atoms with Crippen molar-refractivity contribution in [3.05, 3.63) is 65.6 Å². The van der Waals surface area contributed by atoms with E-state index in [2.05, 4.69) is 40.4 Å². The summed E-state index contributed by atoms with van der Waals surface area (Å²) >= 11 is 0. The topological polar surface area (TPSA) is 84.4 Å². The zero-order valence-corrected chi connectivity index (χ0v) is 23.8. The van der Waals surface area contributed by atoms with E-state index >= 15 is 0 Å². The zero-order valence-electron chi connectivity index (χ0n) is 22.9. The van der Waals surface area contributed by atoms with Gasteiger partial charge in [-0.25, -0.2) is 14.8 Å². The first-order chi connectivity index (χ1) is 18.9. The molecule has 39 heavy (non-hydrogen) atoms. The number of aromatic nitrogens is 2. The van der Waals surface area contributed by atoms with Crippen LogP contribution in [0.3, 0.4) is 0 Å². The number of anilines is 1. The number of carbonyl (C=O) groups excluding carboxylic acids is 1. The van der Waals surface area contributed by atoms with E-state index in [-0.39, 0.29) is 11.4 Å². The number of hydrogen-bond acceptors (Lipinski definition) is 5. The van der Waals surface area contributed by atoms with Gasteiger partial charge in [0.15, 0.2) is 4.90 Å². The van der Waals surface area contributed by atoms with Crippen LogP contribution in [0.15, 0.2) is 53.7 Å². The molecule has 0 bridgehead atoms. The van der Waals surface area contributed by atoms with Crippen molar-refractivity contribution in [2.75, 3.05) is 24.3 Å². The van der Waals surface area contributed by atoms with Gasteiger partial charge < -0.3 is 10.1 Å². The fourth-order valence-corrected chi connectivity index (χ4v) is 7.02. The third-order valence-corrected chi connectivity index (χ3v) is 10.3. The number of rotatable bonds is 8. The first-order valence-electron chi connectivity index (χ1n) is 14.1. The highest BCUT2D eigenvalue weighted by molar-refractivity contribution is 7.84. The van der Waals surface area contributed by atoms with Crippen LogP contribution in [0.1, 0.15) is 68.7 Å². The Balaban J connectivity index is 1.29. The largest absolute Gasteiger partial charge is 0.480 e. The second-order valence-corrected chi connectivity index (χ2v) is 13.2. The fraction of sp³-hybridized carbons (Fsp3) is 0.452. The number of benzene rings is 2. The first kappa shape index (κ1) is 26.0. The molecule has 2 aliphatic carbocycles. The molecular weight excluding hydrogens is 508 g/mol. The van der Waals surface area contributed by atoms with Crippen molar-refractivity contribution >= 4 is 22.5 Å². The van der Waals surface area contributed by atoms with Crippen molar-refractivity contribution < 1.29 is 13.7 Å².